The second-order valence-electron chi connectivity index (χ2n) is 12.4. The highest BCUT2D eigenvalue weighted by Gasteiger charge is 2.37. The second-order valence-corrected chi connectivity index (χ2v) is 12.4. The van der Waals surface area contributed by atoms with Crippen molar-refractivity contribution in [1.82, 2.24) is 4.57 Å². The molecule has 0 saturated carbocycles. The first-order chi connectivity index (χ1) is 22.5. The van der Waals surface area contributed by atoms with Crippen LogP contribution in [-0.2, 0) is 12.0 Å². The van der Waals surface area contributed by atoms with Crippen LogP contribution in [0.15, 0.2) is 156 Å². The summed E-state index contributed by atoms with van der Waals surface area (Å²) in [4.78, 5) is 9.82. The highest BCUT2D eigenvalue weighted by atomic mass is 15.0. The van der Waals surface area contributed by atoms with Crippen LogP contribution in [0.25, 0.3) is 38.6 Å². The Balaban J connectivity index is 1.30. The number of hydrogen-bond donors (Lipinski definition) is 1. The fourth-order valence-corrected chi connectivity index (χ4v) is 7.02. The molecule has 4 nitrogen and oxygen atoms in total. The fourth-order valence-electron chi connectivity index (χ4n) is 7.02. The molecule has 0 fully saturated rings. The Morgan fingerprint density at radius 2 is 1.35 bits per heavy atom. The van der Waals surface area contributed by atoms with Crippen LogP contribution in [0.3, 0.4) is 0 Å². The van der Waals surface area contributed by atoms with Gasteiger partial charge in [-0.25, -0.2) is 4.99 Å². The number of hydrogen-bond acceptors (Lipinski definition) is 1. The smallest absolute Gasteiger partial charge is 0.157 e. The van der Waals surface area contributed by atoms with Crippen LogP contribution in [0.1, 0.15) is 41.7 Å². The lowest BCUT2D eigenvalue weighted by Gasteiger charge is -2.21. The van der Waals surface area contributed by atoms with Gasteiger partial charge in [-0.05, 0) is 40.5 Å². The lowest BCUT2D eigenvalue weighted by Crippen LogP contribution is -2.17. The van der Waals surface area contributed by atoms with E-state index in [2.05, 4.69) is 109 Å². The largest absolute Gasteiger partial charge is 0.383 e. The number of benzene rings is 6. The fraction of sp³-hybridized carbons (Fsp3) is 0.0952. The van der Waals surface area contributed by atoms with Crippen molar-refractivity contribution in [2.45, 2.75) is 25.8 Å². The topological polar surface area (TPSA) is 55.7 Å². The summed E-state index contributed by atoms with van der Waals surface area (Å²) in [7, 11) is 0. The van der Waals surface area contributed by atoms with Crippen molar-refractivity contribution in [3.8, 4) is 16.8 Å². The Hall–Kier alpha value is -5.74. The van der Waals surface area contributed by atoms with Crippen molar-refractivity contribution in [3.05, 3.63) is 173 Å². The molecular formula is C42H34N4. The number of aromatic nitrogens is 1. The first-order valence-electron chi connectivity index (χ1n) is 15.8. The van der Waals surface area contributed by atoms with Crippen molar-refractivity contribution in [2.24, 2.45) is 15.7 Å². The SMILES string of the molecule is CC1(C)c2ccccc2-c2c1ccc1c3ccccc3n(-c3cccc(/C(N)=N/C(=N\Cc4ccccc4)c4ccccc4)c3)c21. The molecule has 0 spiro atoms. The molecule has 0 atom stereocenters. The van der Waals surface area contributed by atoms with Crippen LogP contribution in [0.2, 0.25) is 0 Å². The number of amidine groups is 2. The van der Waals surface area contributed by atoms with Crippen molar-refractivity contribution in [3.63, 3.8) is 0 Å². The van der Waals surface area contributed by atoms with E-state index in [9.17, 15) is 0 Å². The summed E-state index contributed by atoms with van der Waals surface area (Å²) in [5.74, 6) is 1.04. The molecule has 0 bridgehead atoms. The van der Waals surface area contributed by atoms with Gasteiger partial charge in [-0.15, -0.1) is 0 Å². The average molecular weight is 595 g/mol. The predicted octanol–water partition coefficient (Wildman–Crippen LogP) is 9.44. The summed E-state index contributed by atoms with van der Waals surface area (Å²) in [6, 6.07) is 50.8. The summed E-state index contributed by atoms with van der Waals surface area (Å²) in [6.07, 6.45) is 0. The van der Waals surface area contributed by atoms with Gasteiger partial charge in [0.25, 0.3) is 0 Å². The normalized spacial score (nSPS) is 14.0. The third kappa shape index (κ3) is 4.53. The lowest BCUT2D eigenvalue weighted by molar-refractivity contribution is 0.661. The minimum absolute atomic E-state index is 0.0900. The second kappa shape index (κ2) is 11.0. The Morgan fingerprint density at radius 3 is 2.17 bits per heavy atom. The molecule has 7 aromatic rings. The zero-order valence-electron chi connectivity index (χ0n) is 26.0. The van der Waals surface area contributed by atoms with Crippen LogP contribution in [-0.4, -0.2) is 16.2 Å². The maximum atomic E-state index is 6.80. The van der Waals surface area contributed by atoms with Crippen LogP contribution in [0, 0.1) is 0 Å². The van der Waals surface area contributed by atoms with Gasteiger partial charge >= 0.3 is 0 Å². The summed E-state index contributed by atoms with van der Waals surface area (Å²) in [5, 5.41) is 2.47. The molecule has 0 aliphatic heterocycles. The summed E-state index contributed by atoms with van der Waals surface area (Å²) in [6.45, 7) is 5.18. The summed E-state index contributed by atoms with van der Waals surface area (Å²) in [5.41, 5.74) is 18.4. The molecule has 222 valence electrons. The van der Waals surface area contributed by atoms with Crippen LogP contribution in [0.4, 0.5) is 0 Å². The third-order valence-electron chi connectivity index (χ3n) is 9.29. The van der Waals surface area contributed by atoms with E-state index in [0.29, 0.717) is 18.2 Å². The number of rotatable bonds is 5. The van der Waals surface area contributed by atoms with Crippen molar-refractivity contribution < 1.29 is 0 Å². The molecular weight excluding hydrogens is 560 g/mol. The Morgan fingerprint density at radius 1 is 0.652 bits per heavy atom. The maximum Gasteiger partial charge on any atom is 0.157 e. The molecule has 6 aromatic carbocycles. The quantitative estimate of drug-likeness (QED) is 0.157. The van der Waals surface area contributed by atoms with Gasteiger partial charge in [-0.3, -0.25) is 4.99 Å². The van der Waals surface area contributed by atoms with Gasteiger partial charge in [0.2, 0.25) is 0 Å². The highest BCUT2D eigenvalue weighted by molar-refractivity contribution is 6.16. The van der Waals surface area contributed by atoms with E-state index < -0.39 is 0 Å². The van der Waals surface area contributed by atoms with Crippen molar-refractivity contribution in [1.29, 1.82) is 0 Å². The first-order valence-corrected chi connectivity index (χ1v) is 15.8. The number of aliphatic imine (C=N–C) groups is 2. The zero-order valence-corrected chi connectivity index (χ0v) is 26.0. The number of nitrogens with two attached hydrogens (primary N) is 1. The third-order valence-corrected chi connectivity index (χ3v) is 9.29. The van der Waals surface area contributed by atoms with Gasteiger partial charge in [-0.1, -0.05) is 141 Å². The van der Waals surface area contributed by atoms with Gasteiger partial charge in [0.15, 0.2) is 5.84 Å². The molecule has 46 heavy (non-hydrogen) atoms. The zero-order chi connectivity index (χ0) is 31.3. The molecule has 1 aromatic heterocycles. The van der Waals surface area contributed by atoms with E-state index in [-0.39, 0.29) is 5.41 Å². The first kappa shape index (κ1) is 27.8. The van der Waals surface area contributed by atoms with E-state index in [0.717, 1.165) is 27.9 Å². The Bertz CT molecular complexity index is 2310. The predicted molar refractivity (Wildman–Crippen MR) is 192 cm³/mol. The number of fused-ring (bicyclic) bond motifs is 7. The number of nitrogens with zero attached hydrogens (tertiary/aromatic N) is 3. The minimum Gasteiger partial charge on any atom is -0.383 e. The number of para-hydroxylation sites is 1. The summed E-state index contributed by atoms with van der Waals surface area (Å²) >= 11 is 0. The van der Waals surface area contributed by atoms with E-state index in [1.165, 1.54) is 38.5 Å². The Kier molecular flexibility index (Phi) is 6.65. The molecule has 0 unspecified atom stereocenters. The molecule has 0 amide bonds. The van der Waals surface area contributed by atoms with E-state index in [1.54, 1.807) is 0 Å². The molecule has 0 radical (unpaired) electrons. The molecule has 4 heteroatoms. The molecule has 8 rings (SSSR count). The van der Waals surface area contributed by atoms with E-state index in [4.69, 9.17) is 15.7 Å². The van der Waals surface area contributed by atoms with Crippen LogP contribution < -0.4 is 5.73 Å². The van der Waals surface area contributed by atoms with Gasteiger partial charge in [0.05, 0.1) is 17.6 Å². The van der Waals surface area contributed by atoms with Gasteiger partial charge in [0.1, 0.15) is 5.84 Å². The molecule has 0 saturated heterocycles. The van der Waals surface area contributed by atoms with Crippen LogP contribution >= 0.6 is 0 Å². The Labute approximate surface area is 269 Å². The van der Waals surface area contributed by atoms with Crippen molar-refractivity contribution in [2.75, 3.05) is 0 Å². The standard InChI is InChI=1S/C42H34N4/c1-42(2)35-22-11-9-21-34(35)38-36(42)25-24-33-32-20-10-12-23-37(32)46(39(33)38)31-19-13-18-30(26-31)40(43)45-41(29-16-7-4-8-17-29)44-27-28-14-5-3-6-15-28/h3-26H,27H2,1-2H3,(H2,43,44,45). The van der Waals surface area contributed by atoms with Gasteiger partial charge in [-0.2, -0.15) is 0 Å². The van der Waals surface area contributed by atoms with Crippen molar-refractivity contribution >= 4 is 33.5 Å². The lowest BCUT2D eigenvalue weighted by atomic mass is 9.82. The molecule has 1 aliphatic carbocycles. The van der Waals surface area contributed by atoms with Gasteiger partial charge in [0, 0.05) is 38.6 Å². The molecule has 2 N–H and O–H groups in total. The maximum absolute atomic E-state index is 6.80. The van der Waals surface area contributed by atoms with Crippen LogP contribution in [0.5, 0.6) is 0 Å². The summed E-state index contributed by atoms with van der Waals surface area (Å²) < 4.78 is 2.40. The molecule has 1 aliphatic rings. The average Bonchev–Trinajstić information content (AvgIpc) is 3.56. The van der Waals surface area contributed by atoms with Gasteiger partial charge < -0.3 is 10.3 Å². The minimum atomic E-state index is -0.0900. The van der Waals surface area contributed by atoms with E-state index >= 15 is 0 Å². The highest BCUT2D eigenvalue weighted by Crippen LogP contribution is 2.52. The monoisotopic (exact) mass is 594 g/mol. The van der Waals surface area contributed by atoms with E-state index in [1.807, 2.05) is 54.6 Å². The molecule has 1 heterocycles.